The fraction of sp³-hybridized carbons (Fsp3) is 0.536. The molecule has 0 saturated carbocycles. The van der Waals surface area contributed by atoms with Crippen molar-refractivity contribution in [3.8, 4) is 0 Å². The van der Waals surface area contributed by atoms with Gasteiger partial charge in [-0.2, -0.15) is 0 Å². The summed E-state index contributed by atoms with van der Waals surface area (Å²) in [6.45, 7) is 8.50. The molecular weight excluding hydrogens is 484 g/mol. The highest BCUT2D eigenvalue weighted by molar-refractivity contribution is 5.90. The van der Waals surface area contributed by atoms with Crippen molar-refractivity contribution in [1.82, 2.24) is 31.0 Å². The molecule has 2 aliphatic rings. The van der Waals surface area contributed by atoms with Crippen LogP contribution in [0.1, 0.15) is 70.9 Å². The molecule has 204 valence electrons. The van der Waals surface area contributed by atoms with Crippen LogP contribution in [0.3, 0.4) is 0 Å². The summed E-state index contributed by atoms with van der Waals surface area (Å²) >= 11 is 0. The number of pyridine rings is 2. The minimum absolute atomic E-state index is 0.0480. The summed E-state index contributed by atoms with van der Waals surface area (Å²) in [5.74, 6) is -0.907. The van der Waals surface area contributed by atoms with Crippen LogP contribution in [-0.2, 0) is 19.1 Å². The van der Waals surface area contributed by atoms with Crippen LogP contribution in [0.25, 0.3) is 17.0 Å². The van der Waals surface area contributed by atoms with E-state index in [2.05, 4.69) is 27.1 Å². The van der Waals surface area contributed by atoms with Crippen molar-refractivity contribution in [2.45, 2.75) is 77.6 Å². The number of hydrazine groups is 1. The van der Waals surface area contributed by atoms with E-state index in [-0.39, 0.29) is 17.7 Å². The van der Waals surface area contributed by atoms with E-state index in [1.807, 2.05) is 38.1 Å². The largest absolute Gasteiger partial charge is 0.455 e. The highest BCUT2D eigenvalue weighted by Crippen LogP contribution is 2.21. The van der Waals surface area contributed by atoms with Crippen LogP contribution in [0.5, 0.6) is 0 Å². The monoisotopic (exact) mass is 522 g/mol. The van der Waals surface area contributed by atoms with Crippen LogP contribution in [-0.4, -0.2) is 64.0 Å². The first-order chi connectivity index (χ1) is 18.2. The highest BCUT2D eigenvalue weighted by atomic mass is 16.5. The third kappa shape index (κ3) is 6.73. The number of allylic oxidation sites excluding steroid dienone is 1. The van der Waals surface area contributed by atoms with E-state index in [0.717, 1.165) is 29.4 Å². The van der Waals surface area contributed by atoms with Crippen molar-refractivity contribution in [2.24, 2.45) is 5.92 Å². The van der Waals surface area contributed by atoms with Crippen molar-refractivity contribution in [2.75, 3.05) is 13.1 Å². The average Bonchev–Trinajstić information content (AvgIpc) is 2.90. The number of nitrogens with one attached hydrogen (secondary N) is 3. The Morgan fingerprint density at radius 2 is 1.95 bits per heavy atom. The van der Waals surface area contributed by atoms with Crippen LogP contribution in [0.2, 0.25) is 0 Å². The fourth-order valence-electron chi connectivity index (χ4n) is 4.71. The first-order valence-electron chi connectivity index (χ1n) is 13.5. The van der Waals surface area contributed by atoms with Gasteiger partial charge in [0, 0.05) is 18.1 Å². The van der Waals surface area contributed by atoms with E-state index >= 15 is 0 Å². The number of carbonyl (C=O) groups excluding carboxylic acids is 3. The maximum atomic E-state index is 13.1. The number of carbonyl (C=O) groups is 3. The van der Waals surface area contributed by atoms with Crippen molar-refractivity contribution < 1.29 is 19.1 Å². The smallest absolute Gasteiger partial charge is 0.325 e. The number of rotatable bonds is 1. The molecule has 0 aromatic carbocycles. The Bertz CT molecular complexity index is 1200. The molecule has 0 aliphatic carbocycles. The summed E-state index contributed by atoms with van der Waals surface area (Å²) in [5, 5.41) is 8.50. The number of cyclic esters (lactones) is 1. The van der Waals surface area contributed by atoms with E-state index in [0.29, 0.717) is 31.6 Å². The van der Waals surface area contributed by atoms with Crippen LogP contribution < -0.4 is 16.1 Å². The Kier molecular flexibility index (Phi) is 9.06. The van der Waals surface area contributed by atoms with Crippen LogP contribution >= 0.6 is 0 Å². The second kappa shape index (κ2) is 12.4. The molecule has 38 heavy (non-hydrogen) atoms. The second-order valence-electron chi connectivity index (χ2n) is 10.4. The minimum atomic E-state index is -0.745. The van der Waals surface area contributed by atoms with Gasteiger partial charge in [0.1, 0.15) is 18.2 Å². The molecule has 4 rings (SSSR count). The molecule has 2 aromatic rings. The molecule has 1 fully saturated rings. The van der Waals surface area contributed by atoms with Gasteiger partial charge < -0.3 is 15.4 Å². The van der Waals surface area contributed by atoms with Crippen molar-refractivity contribution in [3.63, 3.8) is 0 Å². The Balaban J connectivity index is 1.58. The van der Waals surface area contributed by atoms with Gasteiger partial charge in [0.2, 0.25) is 5.91 Å². The van der Waals surface area contributed by atoms with Crippen molar-refractivity contribution in [1.29, 1.82) is 0 Å². The Morgan fingerprint density at radius 3 is 2.74 bits per heavy atom. The maximum absolute atomic E-state index is 13.1. The lowest BCUT2D eigenvalue weighted by Crippen LogP contribution is -2.60. The Labute approximate surface area is 223 Å². The Hall–Kier alpha value is -3.37. The fourth-order valence-corrected chi connectivity index (χ4v) is 4.71. The Morgan fingerprint density at radius 1 is 1.13 bits per heavy atom. The quantitative estimate of drug-likeness (QED) is 0.488. The molecule has 1 saturated heterocycles. The van der Waals surface area contributed by atoms with E-state index < -0.39 is 30.2 Å². The third-order valence-corrected chi connectivity index (χ3v) is 6.94. The SMILES string of the molecule is CC(C)[C@@H]1NCCCC=Cc2cc3nc(ccc3cn2)[C@@H](C)OC(=O)[C@@H]2CCCN(N2)C(=O)[C@H](C)NC1=O. The van der Waals surface area contributed by atoms with Gasteiger partial charge in [0.15, 0.2) is 0 Å². The number of nitrogens with zero attached hydrogens (tertiary/aromatic N) is 3. The number of amides is 2. The molecule has 0 radical (unpaired) electrons. The third-order valence-electron chi connectivity index (χ3n) is 6.94. The van der Waals surface area contributed by atoms with Crippen LogP contribution in [0.4, 0.5) is 0 Å². The number of fused-ring (bicyclic) bond motifs is 4. The molecule has 4 heterocycles. The number of hydrogen-bond acceptors (Lipinski definition) is 8. The zero-order chi connectivity index (χ0) is 27.2. The van der Waals surface area contributed by atoms with Gasteiger partial charge in [0.25, 0.3) is 5.91 Å². The zero-order valence-electron chi connectivity index (χ0n) is 22.6. The topological polar surface area (TPSA) is 126 Å². The van der Waals surface area contributed by atoms with Crippen molar-refractivity contribution >= 4 is 34.8 Å². The highest BCUT2D eigenvalue weighted by Gasteiger charge is 2.33. The van der Waals surface area contributed by atoms with Gasteiger partial charge in [-0.05, 0) is 76.3 Å². The molecule has 10 nitrogen and oxygen atoms in total. The average molecular weight is 523 g/mol. The summed E-state index contributed by atoms with van der Waals surface area (Å²) in [4.78, 5) is 48.3. The van der Waals surface area contributed by atoms with E-state index in [1.165, 1.54) is 5.01 Å². The minimum Gasteiger partial charge on any atom is -0.455 e. The number of aromatic nitrogens is 2. The van der Waals surface area contributed by atoms with Gasteiger partial charge in [0.05, 0.1) is 22.9 Å². The molecule has 0 unspecified atom stereocenters. The lowest BCUT2D eigenvalue weighted by Gasteiger charge is -2.35. The predicted molar refractivity (Wildman–Crippen MR) is 144 cm³/mol. The number of esters is 1. The summed E-state index contributed by atoms with van der Waals surface area (Å²) in [6, 6.07) is 3.84. The number of ether oxygens (including phenoxy) is 1. The predicted octanol–water partition coefficient (Wildman–Crippen LogP) is 2.66. The van der Waals surface area contributed by atoms with E-state index in [9.17, 15) is 14.4 Å². The van der Waals surface area contributed by atoms with Gasteiger partial charge in [-0.3, -0.25) is 24.4 Å². The molecule has 10 heteroatoms. The van der Waals surface area contributed by atoms with Crippen LogP contribution in [0, 0.1) is 5.92 Å². The van der Waals surface area contributed by atoms with E-state index in [4.69, 9.17) is 9.72 Å². The van der Waals surface area contributed by atoms with Gasteiger partial charge in [-0.15, -0.1) is 0 Å². The molecular formula is C28H38N6O4. The lowest BCUT2D eigenvalue weighted by molar-refractivity contribution is -0.157. The molecule has 3 N–H and O–H groups in total. The second-order valence-corrected chi connectivity index (χ2v) is 10.4. The molecule has 5 bridgehead atoms. The van der Waals surface area contributed by atoms with E-state index in [1.54, 1.807) is 20.0 Å². The van der Waals surface area contributed by atoms with Crippen LogP contribution in [0.15, 0.2) is 30.5 Å². The molecule has 2 aromatic heterocycles. The number of hydrogen-bond donors (Lipinski definition) is 3. The summed E-state index contributed by atoms with van der Waals surface area (Å²) in [7, 11) is 0. The van der Waals surface area contributed by atoms with Gasteiger partial charge in [-0.25, -0.2) is 10.4 Å². The molecule has 0 spiro atoms. The lowest BCUT2D eigenvalue weighted by atomic mass is 10.0. The first-order valence-corrected chi connectivity index (χ1v) is 13.5. The summed E-state index contributed by atoms with van der Waals surface area (Å²) < 4.78 is 5.74. The maximum Gasteiger partial charge on any atom is 0.325 e. The first kappa shape index (κ1) is 27.7. The molecule has 2 amide bonds. The molecule has 4 atom stereocenters. The zero-order valence-corrected chi connectivity index (χ0v) is 22.6. The van der Waals surface area contributed by atoms with Gasteiger partial charge in [-0.1, -0.05) is 19.9 Å². The molecule has 2 aliphatic heterocycles. The van der Waals surface area contributed by atoms with Gasteiger partial charge >= 0.3 is 5.97 Å². The van der Waals surface area contributed by atoms with Crippen molar-refractivity contribution in [3.05, 3.63) is 41.9 Å². The standard InChI is InChI=1S/C28H38N6O4/c1-17(2)25-26(35)31-18(3)27(36)34-14-8-10-23(33-34)28(37)38-19(4)22-12-11-20-16-30-21(15-24(20)32-22)9-6-5-7-13-29-25/h6,9,11-12,15-19,23,25,29,33H,5,7-8,10,13-14H2,1-4H3,(H,31,35)/t18-,19+,23-,25-/m0/s1. The summed E-state index contributed by atoms with van der Waals surface area (Å²) in [6.07, 6.45) is 8.08. The normalized spacial score (nSPS) is 26.2. The summed E-state index contributed by atoms with van der Waals surface area (Å²) in [5.41, 5.74) is 5.22.